The maximum absolute atomic E-state index is 12.8. The zero-order valence-corrected chi connectivity index (χ0v) is 10.7. The van der Waals surface area contributed by atoms with Gasteiger partial charge >= 0.3 is 0 Å². The molecule has 2 N–H and O–H groups in total. The summed E-state index contributed by atoms with van der Waals surface area (Å²) in [6.07, 6.45) is 3.41. The third-order valence-corrected chi connectivity index (χ3v) is 4.30. The highest BCUT2D eigenvalue weighted by atomic mass is 19.1. The Bertz CT molecular complexity index is 481. The Balaban J connectivity index is 1.51. The molecule has 2 saturated carbocycles. The molecule has 4 heteroatoms. The third kappa shape index (κ3) is 2.63. The van der Waals surface area contributed by atoms with E-state index in [-0.39, 0.29) is 23.6 Å². The molecule has 1 aromatic carbocycles. The highest BCUT2D eigenvalue weighted by Crippen LogP contribution is 2.47. The van der Waals surface area contributed by atoms with E-state index in [9.17, 15) is 14.3 Å². The van der Waals surface area contributed by atoms with Gasteiger partial charge in [0.15, 0.2) is 0 Å². The monoisotopic (exact) mass is 263 g/mol. The van der Waals surface area contributed by atoms with Crippen LogP contribution in [0.15, 0.2) is 24.3 Å². The summed E-state index contributed by atoms with van der Waals surface area (Å²) in [4.78, 5) is 11.9. The molecule has 2 atom stereocenters. The van der Waals surface area contributed by atoms with Crippen LogP contribution in [-0.2, 0) is 4.79 Å². The molecular weight excluding hydrogens is 245 g/mol. The summed E-state index contributed by atoms with van der Waals surface area (Å²) in [7, 11) is 0. The lowest BCUT2D eigenvalue weighted by molar-refractivity contribution is -0.124. The fourth-order valence-corrected chi connectivity index (χ4v) is 2.71. The Hall–Kier alpha value is -1.42. The van der Waals surface area contributed by atoms with Gasteiger partial charge in [-0.2, -0.15) is 0 Å². The summed E-state index contributed by atoms with van der Waals surface area (Å²) in [5.74, 6) is -0.0574. The average Bonchev–Trinajstić information content (AvgIpc) is 3.15. The summed E-state index contributed by atoms with van der Waals surface area (Å²) >= 11 is 0. The van der Waals surface area contributed by atoms with Gasteiger partial charge in [0.05, 0.1) is 5.60 Å². The SMILES string of the molecule is O=C(NCC1(O)CCC1)C1CC1c1ccc(F)cc1. The normalized spacial score (nSPS) is 27.5. The molecule has 0 radical (unpaired) electrons. The Kier molecular flexibility index (Phi) is 3.05. The van der Waals surface area contributed by atoms with Crippen LogP contribution >= 0.6 is 0 Å². The molecule has 1 amide bonds. The Labute approximate surface area is 111 Å². The standard InChI is InChI=1S/C15H18FNO2/c16-11-4-2-10(3-5-11)12-8-13(12)14(18)17-9-15(19)6-1-7-15/h2-5,12-13,19H,1,6-9H2,(H,17,18). The highest BCUT2D eigenvalue weighted by molar-refractivity contribution is 5.82. The van der Waals surface area contributed by atoms with Gasteiger partial charge in [-0.25, -0.2) is 4.39 Å². The molecule has 2 unspecified atom stereocenters. The van der Waals surface area contributed by atoms with E-state index in [2.05, 4.69) is 5.32 Å². The van der Waals surface area contributed by atoms with Crippen molar-refractivity contribution in [3.8, 4) is 0 Å². The molecule has 19 heavy (non-hydrogen) atoms. The largest absolute Gasteiger partial charge is 0.388 e. The van der Waals surface area contributed by atoms with Crippen LogP contribution in [-0.4, -0.2) is 23.2 Å². The quantitative estimate of drug-likeness (QED) is 0.872. The lowest BCUT2D eigenvalue weighted by atomic mass is 9.80. The van der Waals surface area contributed by atoms with Gasteiger partial charge in [0.25, 0.3) is 0 Å². The van der Waals surface area contributed by atoms with Crippen molar-refractivity contribution in [2.45, 2.75) is 37.2 Å². The summed E-state index contributed by atoms with van der Waals surface area (Å²) < 4.78 is 12.8. The van der Waals surface area contributed by atoms with Crippen molar-refractivity contribution < 1.29 is 14.3 Å². The minimum absolute atomic E-state index is 0.00894. The van der Waals surface area contributed by atoms with E-state index in [4.69, 9.17) is 0 Å². The van der Waals surface area contributed by atoms with Gasteiger partial charge in [0, 0.05) is 12.5 Å². The topological polar surface area (TPSA) is 49.3 Å². The van der Waals surface area contributed by atoms with Crippen LogP contribution in [0.4, 0.5) is 4.39 Å². The first-order valence-electron chi connectivity index (χ1n) is 6.83. The number of aliphatic hydroxyl groups is 1. The lowest BCUT2D eigenvalue weighted by Crippen LogP contribution is -2.48. The van der Waals surface area contributed by atoms with Gasteiger partial charge in [0.1, 0.15) is 5.82 Å². The second-order valence-electron chi connectivity index (χ2n) is 5.80. The van der Waals surface area contributed by atoms with Crippen LogP contribution in [0.2, 0.25) is 0 Å². The Morgan fingerprint density at radius 3 is 2.63 bits per heavy atom. The molecule has 0 aromatic heterocycles. The minimum atomic E-state index is -0.671. The van der Waals surface area contributed by atoms with E-state index in [0.29, 0.717) is 6.54 Å². The number of carbonyl (C=O) groups excluding carboxylic acids is 1. The van der Waals surface area contributed by atoms with E-state index < -0.39 is 5.60 Å². The molecule has 0 heterocycles. The van der Waals surface area contributed by atoms with Crippen molar-refractivity contribution >= 4 is 5.91 Å². The summed E-state index contributed by atoms with van der Waals surface area (Å²) in [5.41, 5.74) is 0.347. The summed E-state index contributed by atoms with van der Waals surface area (Å²) in [5, 5.41) is 12.8. The van der Waals surface area contributed by atoms with Crippen molar-refractivity contribution in [1.29, 1.82) is 0 Å². The third-order valence-electron chi connectivity index (χ3n) is 4.30. The second-order valence-corrected chi connectivity index (χ2v) is 5.80. The molecule has 0 aliphatic heterocycles. The number of rotatable bonds is 4. The van der Waals surface area contributed by atoms with Crippen LogP contribution in [0.3, 0.4) is 0 Å². The summed E-state index contributed by atoms with van der Waals surface area (Å²) in [6, 6.07) is 6.35. The average molecular weight is 263 g/mol. The predicted octanol–water partition coefficient (Wildman–Crippen LogP) is 1.96. The van der Waals surface area contributed by atoms with Gasteiger partial charge < -0.3 is 10.4 Å². The van der Waals surface area contributed by atoms with Gasteiger partial charge in [0.2, 0.25) is 5.91 Å². The first-order valence-corrected chi connectivity index (χ1v) is 6.83. The van der Waals surface area contributed by atoms with Crippen molar-refractivity contribution in [3.05, 3.63) is 35.6 Å². The van der Waals surface area contributed by atoms with Gasteiger partial charge in [-0.1, -0.05) is 12.1 Å². The molecular formula is C15H18FNO2. The maximum atomic E-state index is 12.8. The van der Waals surface area contributed by atoms with Crippen LogP contribution in [0, 0.1) is 11.7 Å². The fourth-order valence-electron chi connectivity index (χ4n) is 2.71. The Morgan fingerprint density at radius 2 is 2.05 bits per heavy atom. The van der Waals surface area contributed by atoms with Gasteiger partial charge in [-0.3, -0.25) is 4.79 Å². The van der Waals surface area contributed by atoms with Gasteiger partial charge in [-0.05, 0) is 49.3 Å². The first kappa shape index (κ1) is 12.6. The second kappa shape index (κ2) is 4.60. The highest BCUT2D eigenvalue weighted by Gasteiger charge is 2.44. The summed E-state index contributed by atoms with van der Waals surface area (Å²) in [6.45, 7) is 0.360. The maximum Gasteiger partial charge on any atom is 0.223 e. The molecule has 3 nitrogen and oxygen atoms in total. The number of amides is 1. The van der Waals surface area contributed by atoms with Crippen molar-refractivity contribution in [2.24, 2.45) is 5.92 Å². The molecule has 0 spiro atoms. The van der Waals surface area contributed by atoms with Crippen LogP contribution in [0.25, 0.3) is 0 Å². The number of halogens is 1. The van der Waals surface area contributed by atoms with E-state index in [1.54, 1.807) is 12.1 Å². The van der Waals surface area contributed by atoms with Crippen LogP contribution in [0.1, 0.15) is 37.2 Å². The minimum Gasteiger partial charge on any atom is -0.388 e. The predicted molar refractivity (Wildman–Crippen MR) is 69.1 cm³/mol. The number of carbonyl (C=O) groups is 1. The zero-order valence-electron chi connectivity index (χ0n) is 10.7. The van der Waals surface area contributed by atoms with E-state index in [1.807, 2.05) is 0 Å². The smallest absolute Gasteiger partial charge is 0.223 e. The van der Waals surface area contributed by atoms with Crippen LogP contribution < -0.4 is 5.32 Å². The molecule has 0 saturated heterocycles. The Morgan fingerprint density at radius 1 is 1.37 bits per heavy atom. The number of hydrogen-bond donors (Lipinski definition) is 2. The number of hydrogen-bond acceptors (Lipinski definition) is 2. The molecule has 102 valence electrons. The first-order chi connectivity index (χ1) is 9.07. The zero-order chi connectivity index (χ0) is 13.5. The molecule has 1 aromatic rings. The molecule has 2 aliphatic carbocycles. The van der Waals surface area contributed by atoms with Crippen molar-refractivity contribution in [3.63, 3.8) is 0 Å². The van der Waals surface area contributed by atoms with Crippen LogP contribution in [0.5, 0.6) is 0 Å². The number of benzene rings is 1. The van der Waals surface area contributed by atoms with Crippen molar-refractivity contribution in [2.75, 3.05) is 6.54 Å². The lowest BCUT2D eigenvalue weighted by Gasteiger charge is -2.36. The fraction of sp³-hybridized carbons (Fsp3) is 0.533. The van der Waals surface area contributed by atoms with Crippen molar-refractivity contribution in [1.82, 2.24) is 5.32 Å². The molecule has 3 rings (SSSR count). The number of nitrogens with one attached hydrogen (secondary N) is 1. The van der Waals surface area contributed by atoms with E-state index in [1.165, 1.54) is 12.1 Å². The molecule has 2 aliphatic rings. The van der Waals surface area contributed by atoms with E-state index >= 15 is 0 Å². The van der Waals surface area contributed by atoms with Gasteiger partial charge in [-0.15, -0.1) is 0 Å². The molecule has 2 fully saturated rings. The molecule has 0 bridgehead atoms. The van der Waals surface area contributed by atoms with E-state index in [0.717, 1.165) is 31.2 Å².